The lowest BCUT2D eigenvalue weighted by Crippen LogP contribution is -2.34. The second-order valence-electron chi connectivity index (χ2n) is 7.20. The predicted molar refractivity (Wildman–Crippen MR) is 110 cm³/mol. The number of likely N-dealkylation sites (tertiary alicyclic amines) is 1. The molecule has 0 spiro atoms. The molecule has 3 aromatic rings. The molecular weight excluding hydrogens is 374 g/mol. The third kappa shape index (κ3) is 4.04. The van der Waals surface area contributed by atoms with Crippen LogP contribution < -0.4 is 5.32 Å². The van der Waals surface area contributed by atoms with Gasteiger partial charge < -0.3 is 15.2 Å². The second kappa shape index (κ2) is 8.07. The molecule has 1 fully saturated rings. The number of para-hydroxylation sites is 1. The van der Waals surface area contributed by atoms with Crippen molar-refractivity contribution in [3.05, 3.63) is 70.9 Å². The van der Waals surface area contributed by atoms with Crippen LogP contribution in [-0.4, -0.2) is 34.8 Å². The Labute approximate surface area is 168 Å². The summed E-state index contributed by atoms with van der Waals surface area (Å²) in [5.41, 5.74) is 3.30. The van der Waals surface area contributed by atoms with Crippen molar-refractivity contribution in [3.63, 3.8) is 0 Å². The summed E-state index contributed by atoms with van der Waals surface area (Å²) in [7, 11) is 0. The standard InChI is InChI=1S/C22H22ClN3O2/c23-18-7-5-15(6-8-18)13-26-14-17(11-21(26)27)22(28)24-10-9-16-12-25-20-4-2-1-3-19(16)20/h1-8,12,17,25H,9-11,13-14H2,(H,24,28)/t17-/m0/s1. The van der Waals surface area contributed by atoms with E-state index in [2.05, 4.69) is 16.4 Å². The maximum atomic E-state index is 12.5. The monoisotopic (exact) mass is 395 g/mol. The zero-order valence-electron chi connectivity index (χ0n) is 15.5. The first kappa shape index (κ1) is 18.6. The number of hydrogen-bond acceptors (Lipinski definition) is 2. The fourth-order valence-corrected chi connectivity index (χ4v) is 3.84. The summed E-state index contributed by atoms with van der Waals surface area (Å²) in [5, 5.41) is 4.84. The maximum absolute atomic E-state index is 12.5. The van der Waals surface area contributed by atoms with Gasteiger partial charge in [-0.25, -0.2) is 0 Å². The maximum Gasteiger partial charge on any atom is 0.225 e. The number of carbonyl (C=O) groups is 2. The van der Waals surface area contributed by atoms with E-state index in [4.69, 9.17) is 11.6 Å². The number of H-pyrrole nitrogens is 1. The predicted octanol–water partition coefficient (Wildman–Crippen LogP) is 3.53. The molecule has 0 saturated carbocycles. The van der Waals surface area contributed by atoms with Crippen LogP contribution in [0.15, 0.2) is 54.7 Å². The number of halogens is 1. The van der Waals surface area contributed by atoms with Crippen molar-refractivity contribution in [2.75, 3.05) is 13.1 Å². The molecular formula is C22H22ClN3O2. The van der Waals surface area contributed by atoms with Crippen LogP contribution in [0.25, 0.3) is 10.9 Å². The smallest absolute Gasteiger partial charge is 0.225 e. The van der Waals surface area contributed by atoms with Gasteiger partial charge in [0.15, 0.2) is 0 Å². The molecule has 5 nitrogen and oxygen atoms in total. The van der Waals surface area contributed by atoms with Gasteiger partial charge in [0.2, 0.25) is 11.8 Å². The van der Waals surface area contributed by atoms with Gasteiger partial charge in [-0.2, -0.15) is 0 Å². The van der Waals surface area contributed by atoms with E-state index in [0.29, 0.717) is 24.7 Å². The fourth-order valence-electron chi connectivity index (χ4n) is 3.71. The highest BCUT2D eigenvalue weighted by atomic mass is 35.5. The van der Waals surface area contributed by atoms with Gasteiger partial charge in [0, 0.05) is 48.2 Å². The molecule has 1 aliphatic heterocycles. The first-order valence-electron chi connectivity index (χ1n) is 9.45. The Morgan fingerprint density at radius 1 is 1.18 bits per heavy atom. The topological polar surface area (TPSA) is 65.2 Å². The van der Waals surface area contributed by atoms with Crippen LogP contribution in [0.1, 0.15) is 17.5 Å². The molecule has 4 rings (SSSR count). The Kier molecular flexibility index (Phi) is 5.35. The lowest BCUT2D eigenvalue weighted by molar-refractivity contribution is -0.129. The van der Waals surface area contributed by atoms with E-state index in [0.717, 1.165) is 17.5 Å². The van der Waals surface area contributed by atoms with E-state index < -0.39 is 0 Å². The number of nitrogens with zero attached hydrogens (tertiary/aromatic N) is 1. The number of rotatable bonds is 6. The molecule has 2 N–H and O–H groups in total. The van der Waals surface area contributed by atoms with Crippen LogP contribution >= 0.6 is 11.6 Å². The molecule has 0 radical (unpaired) electrons. The molecule has 0 aliphatic carbocycles. The Morgan fingerprint density at radius 3 is 2.79 bits per heavy atom. The number of nitrogens with one attached hydrogen (secondary N) is 2. The molecule has 1 aromatic heterocycles. The lowest BCUT2D eigenvalue weighted by Gasteiger charge is -2.16. The van der Waals surface area contributed by atoms with Crippen LogP contribution in [0.4, 0.5) is 0 Å². The Morgan fingerprint density at radius 2 is 1.96 bits per heavy atom. The molecule has 0 unspecified atom stereocenters. The summed E-state index contributed by atoms with van der Waals surface area (Å²) in [6.45, 7) is 1.53. The average Bonchev–Trinajstić information content (AvgIpc) is 3.28. The second-order valence-corrected chi connectivity index (χ2v) is 7.64. The minimum absolute atomic E-state index is 0.0201. The molecule has 2 heterocycles. The van der Waals surface area contributed by atoms with Crippen LogP contribution in [0.5, 0.6) is 0 Å². The molecule has 28 heavy (non-hydrogen) atoms. The van der Waals surface area contributed by atoms with Crippen LogP contribution in [-0.2, 0) is 22.6 Å². The quantitative estimate of drug-likeness (QED) is 0.670. The lowest BCUT2D eigenvalue weighted by atomic mass is 10.1. The SMILES string of the molecule is O=C(NCCc1c[nH]c2ccccc12)[C@H]1CC(=O)N(Cc2ccc(Cl)cc2)C1. The third-order valence-corrected chi connectivity index (χ3v) is 5.49. The van der Waals surface area contributed by atoms with E-state index in [-0.39, 0.29) is 24.2 Å². The molecule has 1 aliphatic rings. The summed E-state index contributed by atoms with van der Waals surface area (Å²) in [5.74, 6) is -0.318. The van der Waals surface area contributed by atoms with E-state index in [1.54, 1.807) is 4.90 Å². The minimum Gasteiger partial charge on any atom is -0.361 e. The van der Waals surface area contributed by atoms with Crippen LogP contribution in [0.2, 0.25) is 5.02 Å². The summed E-state index contributed by atoms with van der Waals surface area (Å²) in [4.78, 5) is 29.8. The largest absolute Gasteiger partial charge is 0.361 e. The van der Waals surface area contributed by atoms with E-state index in [1.807, 2.05) is 48.7 Å². The highest BCUT2D eigenvalue weighted by molar-refractivity contribution is 6.30. The zero-order valence-corrected chi connectivity index (χ0v) is 16.2. The molecule has 6 heteroatoms. The highest BCUT2D eigenvalue weighted by Gasteiger charge is 2.34. The Bertz CT molecular complexity index is 996. The number of hydrogen-bond donors (Lipinski definition) is 2. The Balaban J connectivity index is 1.29. The fraction of sp³-hybridized carbons (Fsp3) is 0.273. The van der Waals surface area contributed by atoms with Gasteiger partial charge in [-0.3, -0.25) is 9.59 Å². The van der Waals surface area contributed by atoms with Crippen molar-refractivity contribution >= 4 is 34.3 Å². The van der Waals surface area contributed by atoms with Crippen molar-refractivity contribution < 1.29 is 9.59 Å². The minimum atomic E-state index is -0.289. The number of fused-ring (bicyclic) bond motifs is 1. The molecule has 1 saturated heterocycles. The Hall–Kier alpha value is -2.79. The normalized spacial score (nSPS) is 16.7. The van der Waals surface area contributed by atoms with Crippen molar-refractivity contribution in [2.24, 2.45) is 5.92 Å². The molecule has 1 atom stereocenters. The molecule has 0 bridgehead atoms. The van der Waals surface area contributed by atoms with Gasteiger partial charge in [-0.05, 0) is 35.7 Å². The first-order chi connectivity index (χ1) is 13.6. The average molecular weight is 396 g/mol. The van der Waals surface area contributed by atoms with Crippen molar-refractivity contribution in [2.45, 2.75) is 19.4 Å². The van der Waals surface area contributed by atoms with Gasteiger partial charge in [-0.15, -0.1) is 0 Å². The number of amides is 2. The summed E-state index contributed by atoms with van der Waals surface area (Å²) in [6, 6.07) is 15.6. The zero-order chi connectivity index (χ0) is 19.5. The van der Waals surface area contributed by atoms with E-state index in [1.165, 1.54) is 10.9 Å². The number of aromatic nitrogens is 1. The molecule has 2 amide bonds. The number of benzene rings is 2. The van der Waals surface area contributed by atoms with Crippen molar-refractivity contribution in [3.8, 4) is 0 Å². The van der Waals surface area contributed by atoms with Gasteiger partial charge in [0.1, 0.15) is 0 Å². The highest BCUT2D eigenvalue weighted by Crippen LogP contribution is 2.22. The summed E-state index contributed by atoms with van der Waals surface area (Å²) in [6.07, 6.45) is 3.02. The van der Waals surface area contributed by atoms with Gasteiger partial charge in [0.05, 0.1) is 5.92 Å². The first-order valence-corrected chi connectivity index (χ1v) is 9.83. The summed E-state index contributed by atoms with van der Waals surface area (Å²) < 4.78 is 0. The van der Waals surface area contributed by atoms with Crippen LogP contribution in [0, 0.1) is 5.92 Å². The van der Waals surface area contributed by atoms with Gasteiger partial charge >= 0.3 is 0 Å². The van der Waals surface area contributed by atoms with E-state index >= 15 is 0 Å². The van der Waals surface area contributed by atoms with Crippen LogP contribution in [0.3, 0.4) is 0 Å². The van der Waals surface area contributed by atoms with Gasteiger partial charge in [-0.1, -0.05) is 41.9 Å². The number of aromatic amines is 1. The number of carbonyl (C=O) groups excluding carboxylic acids is 2. The van der Waals surface area contributed by atoms with Crippen molar-refractivity contribution in [1.29, 1.82) is 0 Å². The molecule has 2 aromatic carbocycles. The summed E-state index contributed by atoms with van der Waals surface area (Å²) >= 11 is 5.90. The third-order valence-electron chi connectivity index (χ3n) is 5.24. The van der Waals surface area contributed by atoms with E-state index in [9.17, 15) is 9.59 Å². The van der Waals surface area contributed by atoms with Crippen molar-refractivity contribution in [1.82, 2.24) is 15.2 Å². The molecule has 144 valence electrons. The van der Waals surface area contributed by atoms with Gasteiger partial charge in [0.25, 0.3) is 0 Å².